The Morgan fingerprint density at radius 3 is 2.78 bits per heavy atom. The first-order valence-electron chi connectivity index (χ1n) is 6.69. The van der Waals surface area contributed by atoms with E-state index in [0.29, 0.717) is 6.42 Å². The van der Waals surface area contributed by atoms with Crippen molar-refractivity contribution < 1.29 is 9.59 Å². The topological polar surface area (TPSA) is 82.3 Å². The molecule has 1 aliphatic heterocycles. The van der Waals surface area contributed by atoms with Crippen molar-refractivity contribution in [2.24, 2.45) is 0 Å². The number of unbranched alkanes of at least 4 members (excludes halogenated alkanes) is 1. The quantitative estimate of drug-likeness (QED) is 0.524. The lowest BCUT2D eigenvalue weighted by molar-refractivity contribution is -0.130. The minimum Gasteiger partial charge on any atom is -0.357 e. The van der Waals surface area contributed by atoms with Gasteiger partial charge in [-0.05, 0) is 19.3 Å². The van der Waals surface area contributed by atoms with Gasteiger partial charge in [-0.1, -0.05) is 19.8 Å². The molecule has 1 aliphatic rings. The zero-order chi connectivity index (χ0) is 13.4. The van der Waals surface area contributed by atoms with Gasteiger partial charge in [0, 0.05) is 13.6 Å². The average molecular weight is 256 g/mol. The van der Waals surface area contributed by atoms with E-state index in [2.05, 4.69) is 28.4 Å². The van der Waals surface area contributed by atoms with Crippen molar-refractivity contribution in [3.8, 4) is 0 Å². The molecule has 0 unspecified atom stereocenters. The van der Waals surface area contributed by atoms with Gasteiger partial charge >= 0.3 is 0 Å². The highest BCUT2D eigenvalue weighted by molar-refractivity contribution is 5.89. The van der Waals surface area contributed by atoms with Gasteiger partial charge in [0.1, 0.15) is 6.04 Å². The van der Waals surface area contributed by atoms with Crippen LogP contribution < -0.4 is 21.5 Å². The molecule has 0 bridgehead atoms. The molecule has 1 fully saturated rings. The summed E-state index contributed by atoms with van der Waals surface area (Å²) in [5, 5.41) is 5.41. The predicted molar refractivity (Wildman–Crippen MR) is 69.7 cm³/mol. The zero-order valence-electron chi connectivity index (χ0n) is 11.2. The van der Waals surface area contributed by atoms with Crippen LogP contribution in [0.15, 0.2) is 0 Å². The fraction of sp³-hybridized carbons (Fsp3) is 0.833. The second-order valence-electron chi connectivity index (χ2n) is 4.58. The van der Waals surface area contributed by atoms with Crippen molar-refractivity contribution in [2.45, 2.75) is 51.1 Å². The summed E-state index contributed by atoms with van der Waals surface area (Å²) >= 11 is 0. The molecule has 0 aliphatic carbocycles. The van der Waals surface area contributed by atoms with Gasteiger partial charge in [-0.3, -0.25) is 15.0 Å². The van der Waals surface area contributed by atoms with Gasteiger partial charge in [0.2, 0.25) is 11.8 Å². The third kappa shape index (κ3) is 4.62. The van der Waals surface area contributed by atoms with Crippen molar-refractivity contribution >= 4 is 11.8 Å². The third-order valence-electron chi connectivity index (χ3n) is 3.11. The molecule has 1 rings (SSSR count). The second-order valence-corrected chi connectivity index (χ2v) is 4.58. The molecule has 6 heteroatoms. The van der Waals surface area contributed by atoms with Crippen LogP contribution in [0.2, 0.25) is 0 Å². The maximum atomic E-state index is 12.0. The summed E-state index contributed by atoms with van der Waals surface area (Å²) < 4.78 is 0. The monoisotopic (exact) mass is 256 g/mol. The number of likely N-dealkylation sites (N-methyl/N-ethyl adjacent to an activating group) is 1. The normalized spacial score (nSPS) is 21.1. The van der Waals surface area contributed by atoms with Crippen molar-refractivity contribution in [1.82, 2.24) is 21.5 Å². The number of hydrazine groups is 1. The number of nitrogens with one attached hydrogen (secondary N) is 4. The van der Waals surface area contributed by atoms with E-state index in [-0.39, 0.29) is 17.9 Å². The molecule has 0 aromatic carbocycles. The van der Waals surface area contributed by atoms with E-state index in [0.717, 1.165) is 32.2 Å². The van der Waals surface area contributed by atoms with Crippen molar-refractivity contribution in [3.63, 3.8) is 0 Å². The van der Waals surface area contributed by atoms with E-state index >= 15 is 0 Å². The molecule has 104 valence electrons. The van der Waals surface area contributed by atoms with Crippen molar-refractivity contribution in [1.29, 1.82) is 0 Å². The minimum atomic E-state index is -0.425. The van der Waals surface area contributed by atoms with Crippen molar-refractivity contribution in [3.05, 3.63) is 0 Å². The molecular formula is C12H24N4O2. The largest absolute Gasteiger partial charge is 0.357 e. The number of rotatable bonds is 6. The number of carbonyl (C=O) groups excluding carboxylic acids is 2. The molecule has 2 atom stereocenters. The summed E-state index contributed by atoms with van der Waals surface area (Å²) in [6.07, 6.45) is 4.38. The SMILES string of the molecule is CCCC[C@@H](NC(=O)[C@@H]1CCCNN1)C(=O)NC. The van der Waals surface area contributed by atoms with Gasteiger partial charge in [0.15, 0.2) is 0 Å². The molecule has 6 nitrogen and oxygen atoms in total. The molecule has 0 saturated carbocycles. The summed E-state index contributed by atoms with van der Waals surface area (Å²) in [5.41, 5.74) is 5.91. The molecule has 18 heavy (non-hydrogen) atoms. The van der Waals surface area contributed by atoms with Gasteiger partial charge in [-0.2, -0.15) is 0 Å². The molecule has 0 spiro atoms. The Kier molecular flexibility index (Phi) is 6.67. The van der Waals surface area contributed by atoms with E-state index in [9.17, 15) is 9.59 Å². The first-order valence-corrected chi connectivity index (χ1v) is 6.69. The van der Waals surface area contributed by atoms with Crippen LogP contribution in [0.1, 0.15) is 39.0 Å². The Labute approximate surface area is 108 Å². The van der Waals surface area contributed by atoms with Gasteiger partial charge < -0.3 is 10.6 Å². The average Bonchev–Trinajstić information content (AvgIpc) is 2.43. The van der Waals surface area contributed by atoms with Crippen molar-refractivity contribution in [2.75, 3.05) is 13.6 Å². The van der Waals surface area contributed by atoms with Crippen LogP contribution in [0.3, 0.4) is 0 Å². The highest BCUT2D eigenvalue weighted by Crippen LogP contribution is 2.04. The van der Waals surface area contributed by atoms with Crippen LogP contribution in [-0.2, 0) is 9.59 Å². The summed E-state index contributed by atoms with van der Waals surface area (Å²) in [5.74, 6) is -0.229. The number of hydrogen-bond acceptors (Lipinski definition) is 4. The van der Waals surface area contributed by atoms with E-state index in [1.807, 2.05) is 0 Å². The van der Waals surface area contributed by atoms with Crippen LogP contribution in [0.25, 0.3) is 0 Å². The molecule has 1 heterocycles. The Morgan fingerprint density at radius 2 is 2.22 bits per heavy atom. The van der Waals surface area contributed by atoms with Crippen LogP contribution >= 0.6 is 0 Å². The first kappa shape index (κ1) is 14.9. The van der Waals surface area contributed by atoms with Gasteiger partial charge in [-0.25, -0.2) is 5.43 Å². The standard InChI is InChI=1S/C12H24N4O2/c1-3-4-6-9(11(17)13-2)15-12(18)10-7-5-8-14-16-10/h9-10,14,16H,3-8H2,1-2H3,(H,13,17)(H,15,18)/t9-,10+/m1/s1. The van der Waals surface area contributed by atoms with Crippen LogP contribution in [0, 0.1) is 0 Å². The Bertz CT molecular complexity index is 277. The molecule has 0 aromatic heterocycles. The summed E-state index contributed by atoms with van der Waals surface area (Å²) in [7, 11) is 1.59. The van der Waals surface area contributed by atoms with E-state index in [1.54, 1.807) is 7.05 Å². The lowest BCUT2D eigenvalue weighted by atomic mass is 10.1. The predicted octanol–water partition coefficient (Wildman–Crippen LogP) is -0.336. The maximum Gasteiger partial charge on any atom is 0.242 e. The molecule has 2 amide bonds. The van der Waals surface area contributed by atoms with Crippen LogP contribution in [0.5, 0.6) is 0 Å². The van der Waals surface area contributed by atoms with Crippen LogP contribution in [0.4, 0.5) is 0 Å². The molecular weight excluding hydrogens is 232 g/mol. The molecule has 1 saturated heterocycles. The number of amides is 2. The van der Waals surface area contributed by atoms with E-state index in [4.69, 9.17) is 0 Å². The highest BCUT2D eigenvalue weighted by Gasteiger charge is 2.25. The molecule has 0 radical (unpaired) electrons. The Balaban J connectivity index is 2.47. The van der Waals surface area contributed by atoms with Gasteiger partial charge in [0.25, 0.3) is 0 Å². The maximum absolute atomic E-state index is 12.0. The fourth-order valence-electron chi connectivity index (χ4n) is 1.98. The smallest absolute Gasteiger partial charge is 0.242 e. The Hall–Kier alpha value is -1.14. The highest BCUT2D eigenvalue weighted by atomic mass is 16.2. The number of hydrogen-bond donors (Lipinski definition) is 4. The van der Waals surface area contributed by atoms with E-state index < -0.39 is 6.04 Å². The number of carbonyl (C=O) groups is 2. The zero-order valence-corrected chi connectivity index (χ0v) is 11.2. The first-order chi connectivity index (χ1) is 8.69. The summed E-state index contributed by atoms with van der Waals surface area (Å²) in [4.78, 5) is 23.7. The molecule has 4 N–H and O–H groups in total. The lowest BCUT2D eigenvalue weighted by Gasteiger charge is -2.25. The van der Waals surface area contributed by atoms with Gasteiger partial charge in [0.05, 0.1) is 6.04 Å². The third-order valence-corrected chi connectivity index (χ3v) is 3.11. The molecule has 0 aromatic rings. The van der Waals surface area contributed by atoms with Crippen LogP contribution in [-0.4, -0.2) is 37.5 Å². The Morgan fingerprint density at radius 1 is 1.44 bits per heavy atom. The van der Waals surface area contributed by atoms with Gasteiger partial charge in [-0.15, -0.1) is 0 Å². The second kappa shape index (κ2) is 8.05. The lowest BCUT2D eigenvalue weighted by Crippen LogP contribution is -2.57. The summed E-state index contributed by atoms with van der Waals surface area (Å²) in [6.45, 7) is 2.94. The fourth-order valence-corrected chi connectivity index (χ4v) is 1.98. The summed E-state index contributed by atoms with van der Waals surface area (Å²) in [6, 6.07) is -0.668. The minimum absolute atomic E-state index is 0.105. The van der Waals surface area contributed by atoms with E-state index in [1.165, 1.54) is 0 Å².